The normalized spacial score (nSPS) is 15.1. The molecule has 1 aliphatic rings. The van der Waals surface area contributed by atoms with Crippen molar-refractivity contribution in [2.75, 3.05) is 26.9 Å². The highest BCUT2D eigenvalue weighted by molar-refractivity contribution is 7.16. The van der Waals surface area contributed by atoms with Crippen LogP contribution in [0.1, 0.15) is 5.56 Å². The summed E-state index contributed by atoms with van der Waals surface area (Å²) in [7, 11) is 1.63. The summed E-state index contributed by atoms with van der Waals surface area (Å²) in [5, 5.41) is 0.677. The van der Waals surface area contributed by atoms with Crippen LogP contribution in [0, 0.1) is 6.92 Å². The molecule has 0 saturated heterocycles. The molecular weight excluding hydrogens is 352 g/mol. The SMILES string of the molecule is COCCn1c(=NC(=O)C2=COCCO2)sc2ccc(Cl)c(C)c21. The zero-order chi connectivity index (χ0) is 17.1. The molecule has 128 valence electrons. The van der Waals surface area contributed by atoms with Crippen molar-refractivity contribution in [2.45, 2.75) is 13.5 Å². The van der Waals surface area contributed by atoms with E-state index in [4.69, 9.17) is 25.8 Å². The Bertz CT molecular complexity index is 869. The van der Waals surface area contributed by atoms with Gasteiger partial charge in [-0.3, -0.25) is 4.79 Å². The zero-order valence-corrected chi connectivity index (χ0v) is 14.9. The molecule has 0 radical (unpaired) electrons. The Kier molecular flexibility index (Phi) is 5.23. The van der Waals surface area contributed by atoms with E-state index in [0.29, 0.717) is 36.2 Å². The van der Waals surface area contributed by atoms with Crippen LogP contribution in [-0.4, -0.2) is 37.4 Å². The van der Waals surface area contributed by atoms with Gasteiger partial charge < -0.3 is 18.8 Å². The molecule has 24 heavy (non-hydrogen) atoms. The number of aryl methyl sites for hydroxylation is 1. The standard InChI is InChI=1S/C16H17ClN2O4S/c1-10-11(17)3-4-13-14(10)19(5-6-21-2)16(24-13)18-15(20)12-9-22-7-8-23-12/h3-4,9H,5-8H2,1-2H3. The van der Waals surface area contributed by atoms with E-state index in [9.17, 15) is 4.79 Å². The number of fused-ring (bicyclic) bond motifs is 1. The molecule has 1 aromatic heterocycles. The first-order valence-electron chi connectivity index (χ1n) is 7.43. The molecule has 8 heteroatoms. The first-order chi connectivity index (χ1) is 11.6. The molecule has 3 rings (SSSR count). The van der Waals surface area contributed by atoms with Crippen LogP contribution in [0.5, 0.6) is 0 Å². The molecule has 1 aliphatic heterocycles. The van der Waals surface area contributed by atoms with Crippen molar-refractivity contribution >= 4 is 39.1 Å². The van der Waals surface area contributed by atoms with Gasteiger partial charge in [0.05, 0.1) is 16.8 Å². The predicted molar refractivity (Wildman–Crippen MR) is 92.0 cm³/mol. The summed E-state index contributed by atoms with van der Waals surface area (Å²) < 4.78 is 18.6. The number of methoxy groups -OCH3 is 1. The number of carbonyl (C=O) groups is 1. The fraction of sp³-hybridized carbons (Fsp3) is 0.375. The molecule has 0 saturated carbocycles. The summed E-state index contributed by atoms with van der Waals surface area (Å²) in [5.74, 6) is -0.345. The first kappa shape index (κ1) is 17.0. The molecule has 0 aliphatic carbocycles. The molecule has 0 bridgehead atoms. The molecule has 2 heterocycles. The molecule has 0 fully saturated rings. The fourth-order valence-corrected chi connectivity index (χ4v) is 3.68. The third kappa shape index (κ3) is 3.33. The second kappa shape index (κ2) is 7.38. The van der Waals surface area contributed by atoms with Gasteiger partial charge in [0.1, 0.15) is 19.5 Å². The number of benzene rings is 1. The van der Waals surface area contributed by atoms with Crippen LogP contribution >= 0.6 is 22.9 Å². The molecule has 1 amide bonds. The van der Waals surface area contributed by atoms with Crippen molar-refractivity contribution in [2.24, 2.45) is 4.99 Å². The molecule has 6 nitrogen and oxygen atoms in total. The van der Waals surface area contributed by atoms with Gasteiger partial charge in [0.25, 0.3) is 0 Å². The van der Waals surface area contributed by atoms with Crippen LogP contribution in [0.25, 0.3) is 10.2 Å². The number of amides is 1. The third-order valence-electron chi connectivity index (χ3n) is 3.61. The highest BCUT2D eigenvalue weighted by Crippen LogP contribution is 2.27. The maximum Gasteiger partial charge on any atom is 0.317 e. The Morgan fingerprint density at radius 1 is 1.46 bits per heavy atom. The van der Waals surface area contributed by atoms with E-state index >= 15 is 0 Å². The van der Waals surface area contributed by atoms with E-state index < -0.39 is 5.91 Å². The maximum absolute atomic E-state index is 12.3. The molecular formula is C16H17ClN2O4S. The zero-order valence-electron chi connectivity index (χ0n) is 13.4. The maximum atomic E-state index is 12.3. The minimum Gasteiger partial charge on any atom is -0.494 e. The van der Waals surface area contributed by atoms with Gasteiger partial charge in [-0.2, -0.15) is 4.99 Å². The van der Waals surface area contributed by atoms with Crippen molar-refractivity contribution in [3.8, 4) is 0 Å². The summed E-state index contributed by atoms with van der Waals surface area (Å²) >= 11 is 7.67. The Labute approximate surface area is 147 Å². The van der Waals surface area contributed by atoms with Gasteiger partial charge in [0, 0.05) is 18.7 Å². The van der Waals surface area contributed by atoms with Crippen molar-refractivity contribution in [3.63, 3.8) is 0 Å². The van der Waals surface area contributed by atoms with Crippen LogP contribution in [0.15, 0.2) is 29.1 Å². The van der Waals surface area contributed by atoms with Crippen LogP contribution in [-0.2, 0) is 25.5 Å². The number of ether oxygens (including phenoxy) is 3. The van der Waals surface area contributed by atoms with Crippen LogP contribution in [0.4, 0.5) is 0 Å². The lowest BCUT2D eigenvalue weighted by Gasteiger charge is -2.12. The van der Waals surface area contributed by atoms with Crippen molar-refractivity contribution < 1.29 is 19.0 Å². The lowest BCUT2D eigenvalue weighted by atomic mass is 10.2. The molecule has 0 atom stereocenters. The van der Waals surface area contributed by atoms with Gasteiger partial charge in [-0.15, -0.1) is 0 Å². The van der Waals surface area contributed by atoms with Gasteiger partial charge in [0.15, 0.2) is 4.80 Å². The van der Waals surface area contributed by atoms with E-state index in [1.54, 1.807) is 7.11 Å². The lowest BCUT2D eigenvalue weighted by molar-refractivity contribution is -0.119. The lowest BCUT2D eigenvalue weighted by Crippen LogP contribution is -2.21. The van der Waals surface area contributed by atoms with Gasteiger partial charge in [-0.1, -0.05) is 22.9 Å². The number of hydrogen-bond acceptors (Lipinski definition) is 5. The van der Waals surface area contributed by atoms with Crippen LogP contribution in [0.2, 0.25) is 5.02 Å². The molecule has 0 spiro atoms. The van der Waals surface area contributed by atoms with Crippen molar-refractivity contribution in [1.29, 1.82) is 0 Å². The summed E-state index contributed by atoms with van der Waals surface area (Å²) in [4.78, 5) is 17.1. The van der Waals surface area contributed by atoms with Gasteiger partial charge in [0.2, 0.25) is 5.76 Å². The first-order valence-corrected chi connectivity index (χ1v) is 8.62. The second-order valence-corrected chi connectivity index (χ2v) is 6.58. The fourth-order valence-electron chi connectivity index (χ4n) is 2.41. The number of rotatable bonds is 4. The van der Waals surface area contributed by atoms with E-state index in [0.717, 1.165) is 15.8 Å². The van der Waals surface area contributed by atoms with Crippen molar-refractivity contribution in [3.05, 3.63) is 39.5 Å². The Morgan fingerprint density at radius 3 is 3.00 bits per heavy atom. The number of nitrogens with zero attached hydrogens (tertiary/aromatic N) is 2. The molecule has 0 unspecified atom stereocenters. The molecule has 2 aromatic rings. The van der Waals surface area contributed by atoms with E-state index in [1.165, 1.54) is 17.6 Å². The van der Waals surface area contributed by atoms with Gasteiger partial charge >= 0.3 is 5.91 Å². The quantitative estimate of drug-likeness (QED) is 0.832. The minimum atomic E-state index is -0.462. The topological polar surface area (TPSA) is 62.1 Å². The Balaban J connectivity index is 2.12. The van der Waals surface area contributed by atoms with Gasteiger partial charge in [-0.25, -0.2) is 0 Å². The summed E-state index contributed by atoms with van der Waals surface area (Å²) in [6.07, 6.45) is 1.31. The van der Waals surface area contributed by atoms with E-state index in [-0.39, 0.29) is 5.76 Å². The van der Waals surface area contributed by atoms with E-state index in [1.807, 2.05) is 23.6 Å². The Hall–Kier alpha value is -1.83. The average Bonchev–Trinajstić information content (AvgIpc) is 2.95. The third-order valence-corrected chi connectivity index (χ3v) is 5.06. The molecule has 0 N–H and O–H groups in total. The predicted octanol–water partition coefficient (Wildman–Crippen LogP) is 2.63. The number of thiazole rings is 1. The average molecular weight is 369 g/mol. The van der Waals surface area contributed by atoms with Crippen LogP contribution in [0.3, 0.4) is 0 Å². The number of aromatic nitrogens is 1. The second-order valence-electron chi connectivity index (χ2n) is 5.17. The van der Waals surface area contributed by atoms with E-state index in [2.05, 4.69) is 4.99 Å². The van der Waals surface area contributed by atoms with Crippen molar-refractivity contribution in [1.82, 2.24) is 4.57 Å². The monoisotopic (exact) mass is 368 g/mol. The minimum absolute atomic E-state index is 0.117. The number of halogens is 1. The van der Waals surface area contributed by atoms with Crippen LogP contribution < -0.4 is 4.80 Å². The number of hydrogen-bond donors (Lipinski definition) is 0. The summed E-state index contributed by atoms with van der Waals surface area (Å²) in [5.41, 5.74) is 1.91. The largest absolute Gasteiger partial charge is 0.494 e. The smallest absolute Gasteiger partial charge is 0.317 e. The summed E-state index contributed by atoms with van der Waals surface area (Å²) in [6.45, 7) is 3.80. The van der Waals surface area contributed by atoms with Gasteiger partial charge in [-0.05, 0) is 24.6 Å². The highest BCUT2D eigenvalue weighted by atomic mass is 35.5. The highest BCUT2D eigenvalue weighted by Gasteiger charge is 2.16. The Morgan fingerprint density at radius 2 is 2.29 bits per heavy atom. The number of carbonyl (C=O) groups excluding carboxylic acids is 1. The molecule has 1 aromatic carbocycles. The summed E-state index contributed by atoms with van der Waals surface area (Å²) in [6, 6.07) is 3.78.